The van der Waals surface area contributed by atoms with Crippen LogP contribution in [0.5, 0.6) is 0 Å². The smallest absolute Gasteiger partial charge is 0.254 e. The van der Waals surface area contributed by atoms with E-state index in [0.717, 1.165) is 63.5 Å². The summed E-state index contributed by atoms with van der Waals surface area (Å²) in [5.41, 5.74) is 0.945. The summed E-state index contributed by atoms with van der Waals surface area (Å²) in [4.78, 5) is 36.4. The monoisotopic (exact) mass is 453 g/mol. The second-order valence-corrected chi connectivity index (χ2v) is 11.5. The fraction of sp³-hybridized carbons (Fsp3) is 0.760. The molecule has 3 atom stereocenters. The van der Waals surface area contributed by atoms with Gasteiger partial charge in [-0.05, 0) is 62.7 Å². The number of hydrogen-bond donors (Lipinski definition) is 3. The first-order chi connectivity index (χ1) is 15.9. The van der Waals surface area contributed by atoms with E-state index in [4.69, 9.17) is 4.98 Å². The van der Waals surface area contributed by atoms with Crippen LogP contribution in [0.1, 0.15) is 86.2 Å². The van der Waals surface area contributed by atoms with Crippen molar-refractivity contribution in [2.24, 2.45) is 17.8 Å². The van der Waals surface area contributed by atoms with Crippen molar-refractivity contribution in [1.29, 1.82) is 0 Å². The van der Waals surface area contributed by atoms with E-state index < -0.39 is 5.60 Å². The van der Waals surface area contributed by atoms with Gasteiger partial charge in [0.1, 0.15) is 0 Å². The minimum Gasteiger partial charge on any atom is -0.390 e. The molecule has 6 fully saturated rings. The second kappa shape index (κ2) is 7.93. The number of carbonyl (C=O) groups excluding carboxylic acids is 2. The van der Waals surface area contributed by atoms with Gasteiger partial charge in [0.15, 0.2) is 0 Å². The third-order valence-electron chi connectivity index (χ3n) is 9.02. The quantitative estimate of drug-likeness (QED) is 0.632. The van der Waals surface area contributed by atoms with Crippen LogP contribution in [0.2, 0.25) is 0 Å². The van der Waals surface area contributed by atoms with Gasteiger partial charge >= 0.3 is 0 Å². The van der Waals surface area contributed by atoms with Gasteiger partial charge in [0, 0.05) is 38.2 Å². The highest BCUT2D eigenvalue weighted by Crippen LogP contribution is 2.55. The predicted molar refractivity (Wildman–Crippen MR) is 123 cm³/mol. The van der Waals surface area contributed by atoms with Crippen LogP contribution in [-0.4, -0.2) is 63.1 Å². The molecule has 0 aromatic carbocycles. The van der Waals surface area contributed by atoms with Crippen LogP contribution in [0.4, 0.5) is 5.95 Å². The zero-order valence-corrected chi connectivity index (χ0v) is 19.4. The molecule has 0 radical (unpaired) electrons. The highest BCUT2D eigenvalue weighted by molar-refractivity contribution is 5.95. The maximum atomic E-state index is 13.5. The molecule has 3 N–H and O–H groups in total. The molecule has 4 bridgehead atoms. The van der Waals surface area contributed by atoms with Crippen molar-refractivity contribution in [2.75, 3.05) is 18.9 Å². The van der Waals surface area contributed by atoms with E-state index in [0.29, 0.717) is 42.2 Å². The number of aromatic nitrogens is 2. The lowest BCUT2D eigenvalue weighted by Crippen LogP contribution is -2.61. The first kappa shape index (κ1) is 21.3. The van der Waals surface area contributed by atoms with E-state index >= 15 is 0 Å². The number of hydrogen-bond acceptors (Lipinski definition) is 6. The molecule has 178 valence electrons. The van der Waals surface area contributed by atoms with Crippen molar-refractivity contribution in [3.8, 4) is 0 Å². The van der Waals surface area contributed by atoms with Crippen LogP contribution >= 0.6 is 0 Å². The Labute approximate surface area is 194 Å². The summed E-state index contributed by atoms with van der Waals surface area (Å²) in [5.74, 6) is 2.21. The van der Waals surface area contributed by atoms with E-state index in [-0.39, 0.29) is 29.8 Å². The number of rotatable bonds is 5. The fourth-order valence-corrected chi connectivity index (χ4v) is 7.74. The molecule has 5 aliphatic carbocycles. The van der Waals surface area contributed by atoms with Gasteiger partial charge in [-0.15, -0.1) is 0 Å². The lowest BCUT2D eigenvalue weighted by Gasteiger charge is -2.58. The van der Waals surface area contributed by atoms with Crippen LogP contribution in [0.3, 0.4) is 0 Å². The number of carbonyl (C=O) groups is 2. The molecule has 33 heavy (non-hydrogen) atoms. The van der Waals surface area contributed by atoms with Crippen LogP contribution < -0.4 is 10.6 Å². The van der Waals surface area contributed by atoms with Crippen LogP contribution in [-0.2, 0) is 4.79 Å². The zero-order valence-electron chi connectivity index (χ0n) is 19.4. The van der Waals surface area contributed by atoms with E-state index in [2.05, 4.69) is 15.6 Å². The molecule has 1 aromatic heterocycles. The average Bonchev–Trinajstić information content (AvgIpc) is 3.39. The number of anilines is 1. The molecule has 8 heteroatoms. The Bertz CT molecular complexity index is 945. The number of nitrogens with zero attached hydrogens (tertiary/aromatic N) is 3. The minimum atomic E-state index is -0.501. The van der Waals surface area contributed by atoms with Gasteiger partial charge in [-0.3, -0.25) is 9.59 Å². The van der Waals surface area contributed by atoms with Gasteiger partial charge in [0.25, 0.3) is 5.91 Å². The SMILES string of the molecule is CN1CC(Nc2ncc(C(=O)N[C@H]3C4CC5CC3C[C@@](O)(C5)C4)c(C3CCCC3)n2)CC1=O. The highest BCUT2D eigenvalue weighted by atomic mass is 16.3. The molecule has 8 nitrogen and oxygen atoms in total. The molecular weight excluding hydrogens is 418 g/mol. The Balaban J connectivity index is 1.22. The standard InChI is InChI=1S/C25H35N5O3/c1-30-13-18(8-20(30)31)27-24-26-12-19(22(29-24)15-4-2-3-5-15)23(32)28-21-16-6-14-7-17(21)11-25(33,9-14)10-16/h12,14-18,21,33H,2-11,13H2,1H3,(H,28,32)(H,26,27,29)/t14?,16?,17?,18?,21-,25+. The lowest BCUT2D eigenvalue weighted by molar-refractivity contribution is -0.137. The average molecular weight is 454 g/mol. The highest BCUT2D eigenvalue weighted by Gasteiger charge is 2.55. The van der Waals surface area contributed by atoms with Crippen LogP contribution in [0.25, 0.3) is 0 Å². The Morgan fingerprint density at radius 2 is 1.91 bits per heavy atom. The number of aliphatic hydroxyl groups is 1. The van der Waals surface area contributed by atoms with Gasteiger partial charge in [0.05, 0.1) is 22.9 Å². The largest absolute Gasteiger partial charge is 0.390 e. The van der Waals surface area contributed by atoms with Gasteiger partial charge in [0.2, 0.25) is 11.9 Å². The molecule has 5 saturated carbocycles. The third kappa shape index (κ3) is 3.90. The van der Waals surface area contributed by atoms with Gasteiger partial charge in [-0.2, -0.15) is 0 Å². The summed E-state index contributed by atoms with van der Waals surface area (Å²) >= 11 is 0. The lowest BCUT2D eigenvalue weighted by atomic mass is 9.52. The van der Waals surface area contributed by atoms with E-state index in [1.165, 1.54) is 0 Å². The molecule has 3 unspecified atom stereocenters. The maximum Gasteiger partial charge on any atom is 0.254 e. The number of nitrogens with one attached hydrogen (secondary N) is 2. The van der Waals surface area contributed by atoms with E-state index in [9.17, 15) is 14.7 Å². The molecule has 2 amide bonds. The summed E-state index contributed by atoms with van der Waals surface area (Å²) in [6, 6.07) is 0.140. The Hall–Kier alpha value is -2.22. The topological polar surface area (TPSA) is 107 Å². The molecule has 6 aliphatic rings. The van der Waals surface area contributed by atoms with Gasteiger partial charge in [-0.25, -0.2) is 9.97 Å². The van der Waals surface area contributed by atoms with Crippen LogP contribution in [0.15, 0.2) is 6.20 Å². The van der Waals surface area contributed by atoms with Crippen molar-refractivity contribution in [3.05, 3.63) is 17.5 Å². The second-order valence-electron chi connectivity index (χ2n) is 11.5. The minimum absolute atomic E-state index is 0.00236. The Kier molecular flexibility index (Phi) is 5.12. The molecule has 7 rings (SSSR count). The molecule has 1 aromatic rings. The maximum absolute atomic E-state index is 13.5. The van der Waals surface area contributed by atoms with Crippen molar-refractivity contribution in [2.45, 2.75) is 87.8 Å². The van der Waals surface area contributed by atoms with E-state index in [1.807, 2.05) is 7.05 Å². The first-order valence-corrected chi connectivity index (χ1v) is 12.8. The van der Waals surface area contributed by atoms with Gasteiger partial charge < -0.3 is 20.6 Å². The number of likely N-dealkylation sites (tertiary alicyclic amines) is 1. The number of likely N-dealkylation sites (N-methyl/N-ethyl adjacent to an activating group) is 1. The molecule has 1 saturated heterocycles. The number of amides is 2. The normalized spacial score (nSPS) is 37.7. The van der Waals surface area contributed by atoms with Crippen molar-refractivity contribution >= 4 is 17.8 Å². The Morgan fingerprint density at radius 1 is 1.18 bits per heavy atom. The first-order valence-electron chi connectivity index (χ1n) is 12.8. The van der Waals surface area contributed by atoms with Crippen molar-refractivity contribution < 1.29 is 14.7 Å². The molecular formula is C25H35N5O3. The molecule has 0 spiro atoms. The fourth-order valence-electron chi connectivity index (χ4n) is 7.74. The van der Waals surface area contributed by atoms with Crippen molar-refractivity contribution in [1.82, 2.24) is 20.2 Å². The molecule has 2 heterocycles. The van der Waals surface area contributed by atoms with Gasteiger partial charge in [-0.1, -0.05) is 12.8 Å². The van der Waals surface area contributed by atoms with Crippen molar-refractivity contribution in [3.63, 3.8) is 0 Å². The summed E-state index contributed by atoms with van der Waals surface area (Å²) in [5, 5.41) is 17.6. The summed E-state index contributed by atoms with van der Waals surface area (Å²) in [6.07, 6.45) is 11.3. The summed E-state index contributed by atoms with van der Waals surface area (Å²) < 4.78 is 0. The summed E-state index contributed by atoms with van der Waals surface area (Å²) in [7, 11) is 1.81. The predicted octanol–water partition coefficient (Wildman–Crippen LogP) is 2.45. The third-order valence-corrected chi connectivity index (χ3v) is 9.02. The zero-order chi connectivity index (χ0) is 22.7. The molecule has 1 aliphatic heterocycles. The van der Waals surface area contributed by atoms with E-state index in [1.54, 1.807) is 11.1 Å². The van der Waals surface area contributed by atoms with Crippen LogP contribution in [0, 0.1) is 17.8 Å². The summed E-state index contributed by atoms with van der Waals surface area (Å²) in [6.45, 7) is 0.640. The Morgan fingerprint density at radius 3 is 2.55 bits per heavy atom.